The molecule has 0 bridgehead atoms. The molecule has 5 heteroatoms. The molecule has 0 aromatic rings. The van der Waals surface area contributed by atoms with Crippen molar-refractivity contribution in [2.75, 3.05) is 13.2 Å². The summed E-state index contributed by atoms with van der Waals surface area (Å²) in [4.78, 5) is 20.0. The van der Waals surface area contributed by atoms with Gasteiger partial charge in [-0.2, -0.15) is 0 Å². The van der Waals surface area contributed by atoms with Crippen molar-refractivity contribution in [3.8, 4) is 0 Å². The Morgan fingerprint density at radius 3 is 2.00 bits per heavy atom. The Morgan fingerprint density at radius 2 is 1.58 bits per heavy atom. The molecule has 0 heterocycles. The van der Waals surface area contributed by atoms with E-state index in [0.717, 1.165) is 0 Å². The van der Waals surface area contributed by atoms with E-state index in [4.69, 9.17) is 4.74 Å². The predicted octanol–water partition coefficient (Wildman–Crippen LogP) is 2.42. The first-order chi connectivity index (χ1) is 8.35. The van der Waals surface area contributed by atoms with E-state index in [-0.39, 0.29) is 5.41 Å². The van der Waals surface area contributed by atoms with Crippen LogP contribution in [0, 0.1) is 5.41 Å². The zero-order chi connectivity index (χ0) is 15.3. The third-order valence-corrected chi connectivity index (χ3v) is 6.63. The molecule has 0 saturated carbocycles. The molecule has 0 aromatic heterocycles. The van der Waals surface area contributed by atoms with Crippen molar-refractivity contribution in [1.29, 1.82) is 0 Å². The molecule has 0 rings (SSSR count). The number of hydrogen-bond acceptors (Lipinski definition) is 4. The molecule has 4 nitrogen and oxygen atoms in total. The summed E-state index contributed by atoms with van der Waals surface area (Å²) < 4.78 is 5.40. The van der Waals surface area contributed by atoms with Crippen molar-refractivity contribution in [2.45, 2.75) is 71.6 Å². The zero-order valence-electron chi connectivity index (χ0n) is 13.4. The van der Waals surface area contributed by atoms with E-state index in [2.05, 4.69) is 20.8 Å². The maximum Gasteiger partial charge on any atom is 0.338 e. The van der Waals surface area contributed by atoms with Gasteiger partial charge in [0.1, 0.15) is 0 Å². The van der Waals surface area contributed by atoms with Crippen molar-refractivity contribution in [1.82, 2.24) is 0 Å². The van der Waals surface area contributed by atoms with Crippen molar-refractivity contribution in [3.63, 3.8) is 0 Å². The SMILES string of the molecule is CC(C)(C)CC(O)COCCC[Si](O)(O)C(C)(C)C. The van der Waals surface area contributed by atoms with Crippen LogP contribution in [0.2, 0.25) is 11.1 Å². The minimum absolute atomic E-state index is 0.0906. The summed E-state index contributed by atoms with van der Waals surface area (Å²) in [5, 5.41) is 9.33. The highest BCUT2D eigenvalue weighted by molar-refractivity contribution is 6.67. The number of ether oxygens (including phenoxy) is 1. The largest absolute Gasteiger partial charge is 0.410 e. The lowest BCUT2D eigenvalue weighted by Crippen LogP contribution is -2.44. The fraction of sp³-hybridized carbons (Fsp3) is 1.00. The average Bonchev–Trinajstić information content (AvgIpc) is 2.11. The normalized spacial score (nSPS) is 15.6. The molecule has 0 aliphatic heterocycles. The highest BCUT2D eigenvalue weighted by Crippen LogP contribution is 2.35. The van der Waals surface area contributed by atoms with Crippen LogP contribution in [0.5, 0.6) is 0 Å². The highest BCUT2D eigenvalue weighted by Gasteiger charge is 2.42. The summed E-state index contributed by atoms with van der Waals surface area (Å²) in [7, 11) is -3.16. The van der Waals surface area contributed by atoms with Gasteiger partial charge in [-0.25, -0.2) is 0 Å². The molecular formula is C14H32O4Si. The van der Waals surface area contributed by atoms with Crippen molar-refractivity contribution in [2.24, 2.45) is 5.41 Å². The molecule has 0 aliphatic rings. The Hall–Kier alpha value is 0.0569. The molecule has 0 amide bonds. The topological polar surface area (TPSA) is 69.9 Å². The molecule has 0 saturated heterocycles. The number of aliphatic hydroxyl groups is 1. The second-order valence-electron chi connectivity index (χ2n) is 7.66. The van der Waals surface area contributed by atoms with Gasteiger partial charge < -0.3 is 19.4 Å². The molecule has 3 N–H and O–H groups in total. The van der Waals surface area contributed by atoms with E-state index in [0.29, 0.717) is 32.1 Å². The highest BCUT2D eigenvalue weighted by atomic mass is 28.4. The predicted molar refractivity (Wildman–Crippen MR) is 80.2 cm³/mol. The van der Waals surface area contributed by atoms with E-state index in [9.17, 15) is 14.7 Å². The number of rotatable bonds is 7. The summed E-state index contributed by atoms with van der Waals surface area (Å²) in [5.41, 5.74) is 0.0906. The monoisotopic (exact) mass is 292 g/mol. The van der Waals surface area contributed by atoms with Gasteiger partial charge in [-0.1, -0.05) is 41.5 Å². The van der Waals surface area contributed by atoms with E-state index in [1.165, 1.54) is 0 Å². The first kappa shape index (κ1) is 19.1. The van der Waals surface area contributed by atoms with Crippen LogP contribution in [0.3, 0.4) is 0 Å². The summed E-state index contributed by atoms with van der Waals surface area (Å²) in [6.45, 7) is 12.6. The summed E-state index contributed by atoms with van der Waals surface area (Å²) in [6.07, 6.45) is 0.875. The maximum absolute atomic E-state index is 10.0. The molecule has 0 radical (unpaired) electrons. The standard InChI is InChI=1S/C14H32O4Si/c1-13(2,3)10-12(15)11-18-8-7-9-19(16,17)14(4,5)6/h12,15-17H,7-11H2,1-6H3. The van der Waals surface area contributed by atoms with Crippen LogP contribution in [-0.4, -0.2) is 42.6 Å². The fourth-order valence-electron chi connectivity index (χ4n) is 1.78. The van der Waals surface area contributed by atoms with E-state index in [1.807, 2.05) is 20.8 Å². The van der Waals surface area contributed by atoms with Crippen molar-refractivity contribution < 1.29 is 19.4 Å². The molecule has 0 aliphatic carbocycles. The van der Waals surface area contributed by atoms with Gasteiger partial charge in [-0.05, 0) is 24.3 Å². The molecule has 1 atom stereocenters. The van der Waals surface area contributed by atoms with Crippen LogP contribution in [0.4, 0.5) is 0 Å². The summed E-state index contributed by atoms with van der Waals surface area (Å²) >= 11 is 0. The Kier molecular flexibility index (Phi) is 7.20. The lowest BCUT2D eigenvalue weighted by Gasteiger charge is -2.31. The number of hydrogen-bond donors (Lipinski definition) is 3. The van der Waals surface area contributed by atoms with Crippen LogP contribution >= 0.6 is 0 Å². The van der Waals surface area contributed by atoms with Gasteiger partial charge in [0.15, 0.2) is 0 Å². The minimum atomic E-state index is -3.16. The average molecular weight is 292 g/mol. The lowest BCUT2D eigenvalue weighted by molar-refractivity contribution is 0.0160. The Morgan fingerprint density at radius 1 is 1.05 bits per heavy atom. The minimum Gasteiger partial charge on any atom is -0.410 e. The van der Waals surface area contributed by atoms with Gasteiger partial charge in [0, 0.05) is 11.6 Å². The van der Waals surface area contributed by atoms with Crippen molar-refractivity contribution >= 4 is 8.56 Å². The fourth-order valence-corrected chi connectivity index (χ4v) is 3.17. The van der Waals surface area contributed by atoms with Crippen LogP contribution in [-0.2, 0) is 4.74 Å². The quantitative estimate of drug-likeness (QED) is 0.498. The second kappa shape index (κ2) is 7.18. The van der Waals surface area contributed by atoms with Gasteiger partial charge >= 0.3 is 8.56 Å². The maximum atomic E-state index is 10.0. The van der Waals surface area contributed by atoms with Crippen LogP contribution in [0.1, 0.15) is 54.4 Å². The first-order valence-corrected chi connectivity index (χ1v) is 9.16. The second-order valence-corrected chi connectivity index (χ2v) is 11.3. The Bertz CT molecular complexity index is 253. The van der Waals surface area contributed by atoms with Crippen molar-refractivity contribution in [3.05, 3.63) is 0 Å². The number of aliphatic hydroxyl groups excluding tert-OH is 1. The molecule has 1 unspecified atom stereocenters. The molecule has 0 aromatic carbocycles. The van der Waals surface area contributed by atoms with Gasteiger partial charge in [0.2, 0.25) is 0 Å². The lowest BCUT2D eigenvalue weighted by atomic mass is 9.89. The van der Waals surface area contributed by atoms with Gasteiger partial charge in [0.25, 0.3) is 0 Å². The van der Waals surface area contributed by atoms with Crippen LogP contribution < -0.4 is 0 Å². The smallest absolute Gasteiger partial charge is 0.338 e. The van der Waals surface area contributed by atoms with Gasteiger partial charge in [-0.15, -0.1) is 0 Å². The molecule has 0 fully saturated rings. The van der Waals surface area contributed by atoms with E-state index < -0.39 is 19.7 Å². The third kappa shape index (κ3) is 8.76. The molecular weight excluding hydrogens is 260 g/mol. The summed E-state index contributed by atoms with van der Waals surface area (Å²) in [5.74, 6) is 0. The van der Waals surface area contributed by atoms with Gasteiger partial charge in [0.05, 0.1) is 12.7 Å². The summed E-state index contributed by atoms with van der Waals surface area (Å²) in [6, 6.07) is 0.409. The first-order valence-electron chi connectivity index (χ1n) is 7.06. The van der Waals surface area contributed by atoms with Gasteiger partial charge in [-0.3, -0.25) is 0 Å². The molecule has 19 heavy (non-hydrogen) atoms. The third-order valence-electron chi connectivity index (χ3n) is 3.17. The Labute approximate surface area is 119 Å². The zero-order valence-corrected chi connectivity index (χ0v) is 14.4. The molecule has 0 spiro atoms. The van der Waals surface area contributed by atoms with Crippen LogP contribution in [0.25, 0.3) is 0 Å². The van der Waals surface area contributed by atoms with E-state index >= 15 is 0 Å². The van der Waals surface area contributed by atoms with Crippen LogP contribution in [0.15, 0.2) is 0 Å². The molecule has 116 valence electrons. The Balaban J connectivity index is 3.77. The van der Waals surface area contributed by atoms with E-state index in [1.54, 1.807) is 0 Å².